The molecule has 2 atom stereocenters. The van der Waals surface area contributed by atoms with Gasteiger partial charge in [0.05, 0.1) is 30.8 Å². The van der Waals surface area contributed by atoms with Gasteiger partial charge in [0.2, 0.25) is 0 Å². The largest absolute Gasteiger partial charge is 0.416 e. The molecule has 0 spiro atoms. The fourth-order valence-electron chi connectivity index (χ4n) is 2.69. The van der Waals surface area contributed by atoms with Crippen LogP contribution in [-0.4, -0.2) is 40.0 Å². The van der Waals surface area contributed by atoms with E-state index in [9.17, 15) is 13.2 Å². The first-order valence-electron chi connectivity index (χ1n) is 10.1. The molecule has 2 unspecified atom stereocenters. The topological polar surface area (TPSA) is 45.5 Å². The second-order valence-electron chi connectivity index (χ2n) is 7.98. The van der Waals surface area contributed by atoms with Crippen LogP contribution < -0.4 is 0 Å². The van der Waals surface area contributed by atoms with Crippen LogP contribution in [-0.2, 0) is 15.2 Å². The second kappa shape index (κ2) is 13.3. The standard InChI is InChI=1S/C14H27N2O2PS2.C7H5F3/c1-11(2)16(12(3)4)19(17-9-7-8-15)18-13-10-20-21-14(13,5)6;8-7(9,10)6-4-2-1-3-5-6/h11-13H,7,9-10H2,1-6H3;1-5H. The lowest BCUT2D eigenvalue weighted by Gasteiger charge is -2.38. The van der Waals surface area contributed by atoms with Crippen LogP contribution >= 0.6 is 30.1 Å². The molecule has 0 saturated carbocycles. The fraction of sp³-hybridized carbons (Fsp3) is 0.667. The van der Waals surface area contributed by atoms with Crippen LogP contribution in [0.1, 0.15) is 53.5 Å². The van der Waals surface area contributed by atoms with Crippen molar-refractivity contribution < 1.29 is 22.2 Å². The predicted molar refractivity (Wildman–Crippen MR) is 126 cm³/mol. The zero-order valence-corrected chi connectivity index (χ0v) is 21.4. The molecule has 1 aromatic carbocycles. The van der Waals surface area contributed by atoms with E-state index in [0.717, 1.165) is 17.9 Å². The Labute approximate surface area is 193 Å². The van der Waals surface area contributed by atoms with Crippen molar-refractivity contribution >= 4 is 30.1 Å². The van der Waals surface area contributed by atoms with Crippen LogP contribution in [0.15, 0.2) is 30.3 Å². The average Bonchev–Trinajstić information content (AvgIpc) is 3.00. The number of nitrogens with zero attached hydrogens (tertiary/aromatic N) is 2. The minimum Gasteiger partial charge on any atom is -0.321 e. The van der Waals surface area contributed by atoms with Gasteiger partial charge in [-0.1, -0.05) is 51.9 Å². The van der Waals surface area contributed by atoms with Crippen molar-refractivity contribution in [2.45, 2.75) is 77.1 Å². The first-order valence-corrected chi connectivity index (χ1v) is 13.5. The summed E-state index contributed by atoms with van der Waals surface area (Å²) in [4.78, 5) is 0. The normalized spacial score (nSPS) is 19.3. The van der Waals surface area contributed by atoms with Crippen molar-refractivity contribution in [3.05, 3.63) is 35.9 Å². The highest BCUT2D eigenvalue weighted by molar-refractivity contribution is 8.77. The van der Waals surface area contributed by atoms with Gasteiger partial charge in [0, 0.05) is 22.6 Å². The number of hydrogen-bond donors (Lipinski definition) is 0. The van der Waals surface area contributed by atoms with Crippen LogP contribution in [0, 0.1) is 11.3 Å². The van der Waals surface area contributed by atoms with E-state index in [2.05, 4.69) is 52.3 Å². The number of hydrogen-bond acceptors (Lipinski definition) is 6. The van der Waals surface area contributed by atoms with Gasteiger partial charge in [-0.3, -0.25) is 0 Å². The molecule has 176 valence electrons. The Kier molecular flexibility index (Phi) is 12.2. The van der Waals surface area contributed by atoms with E-state index in [1.807, 2.05) is 21.6 Å². The lowest BCUT2D eigenvalue weighted by molar-refractivity contribution is -0.137. The number of alkyl halides is 3. The monoisotopic (exact) mass is 496 g/mol. The molecule has 1 fully saturated rings. The van der Waals surface area contributed by atoms with Gasteiger partial charge in [0.1, 0.15) is 0 Å². The third-order valence-electron chi connectivity index (χ3n) is 4.25. The van der Waals surface area contributed by atoms with Gasteiger partial charge in [0.15, 0.2) is 0 Å². The minimum atomic E-state index is -4.21. The molecular formula is C21H32F3N2O2PS2. The van der Waals surface area contributed by atoms with Gasteiger partial charge in [-0.25, -0.2) is 4.67 Å². The zero-order valence-electron chi connectivity index (χ0n) is 18.8. The summed E-state index contributed by atoms with van der Waals surface area (Å²) >= 11 is 0. The third-order valence-corrected chi connectivity index (χ3v) is 9.69. The summed E-state index contributed by atoms with van der Waals surface area (Å²) in [6.45, 7) is 13.5. The SMILES string of the molecule is CC(C)N(C(C)C)P(OCCC#N)OC1CSSC1(C)C.FC(F)(F)c1ccccc1. The predicted octanol–water partition coefficient (Wildman–Crippen LogP) is 7.53. The molecule has 0 N–H and O–H groups in total. The molecular weight excluding hydrogens is 464 g/mol. The smallest absolute Gasteiger partial charge is 0.321 e. The molecule has 0 radical (unpaired) electrons. The molecule has 1 heterocycles. The molecule has 0 amide bonds. The zero-order chi connectivity index (χ0) is 23.7. The summed E-state index contributed by atoms with van der Waals surface area (Å²) in [5.74, 6) is 0.988. The van der Waals surface area contributed by atoms with E-state index in [1.54, 1.807) is 6.07 Å². The van der Waals surface area contributed by atoms with Crippen LogP contribution in [0.25, 0.3) is 0 Å². The van der Waals surface area contributed by atoms with Gasteiger partial charge in [-0.15, -0.1) is 0 Å². The fourth-order valence-corrected chi connectivity index (χ4v) is 7.85. The Bertz CT molecular complexity index is 677. The third kappa shape index (κ3) is 9.89. The Morgan fingerprint density at radius 3 is 2.16 bits per heavy atom. The van der Waals surface area contributed by atoms with Gasteiger partial charge >= 0.3 is 6.18 Å². The maximum absolute atomic E-state index is 11.8. The molecule has 0 bridgehead atoms. The van der Waals surface area contributed by atoms with Crippen molar-refractivity contribution in [1.29, 1.82) is 5.26 Å². The minimum absolute atomic E-state index is 0.101. The highest BCUT2D eigenvalue weighted by Gasteiger charge is 2.41. The van der Waals surface area contributed by atoms with E-state index >= 15 is 0 Å². The maximum atomic E-state index is 11.8. The van der Waals surface area contributed by atoms with Gasteiger partial charge in [0.25, 0.3) is 8.53 Å². The van der Waals surface area contributed by atoms with E-state index in [1.165, 1.54) is 12.1 Å². The molecule has 1 aromatic rings. The lowest BCUT2D eigenvalue weighted by Crippen LogP contribution is -2.38. The molecule has 2 rings (SSSR count). The summed E-state index contributed by atoms with van der Waals surface area (Å²) in [5, 5.41) is 8.72. The van der Waals surface area contributed by atoms with Crippen LogP contribution in [0.2, 0.25) is 0 Å². The van der Waals surface area contributed by atoms with Crippen molar-refractivity contribution in [1.82, 2.24) is 4.67 Å². The van der Waals surface area contributed by atoms with Gasteiger partial charge in [-0.2, -0.15) is 18.4 Å². The molecule has 1 aliphatic rings. The van der Waals surface area contributed by atoms with E-state index < -0.39 is 20.3 Å². The second-order valence-corrected chi connectivity index (χ2v) is 12.4. The number of benzene rings is 1. The van der Waals surface area contributed by atoms with Crippen molar-refractivity contribution in [3.63, 3.8) is 0 Å². The van der Waals surface area contributed by atoms with Crippen LogP contribution in [0.4, 0.5) is 13.2 Å². The summed E-state index contributed by atoms with van der Waals surface area (Å²) in [6, 6.07) is 9.20. The highest BCUT2D eigenvalue weighted by atomic mass is 33.1. The van der Waals surface area contributed by atoms with Gasteiger partial charge < -0.3 is 9.05 Å². The van der Waals surface area contributed by atoms with E-state index in [-0.39, 0.29) is 10.9 Å². The molecule has 10 heteroatoms. The quantitative estimate of drug-likeness (QED) is 0.211. The Morgan fingerprint density at radius 1 is 1.19 bits per heavy atom. The summed E-state index contributed by atoms with van der Waals surface area (Å²) in [5.41, 5.74) is -0.602. The van der Waals surface area contributed by atoms with Crippen molar-refractivity contribution in [3.8, 4) is 6.07 Å². The molecule has 31 heavy (non-hydrogen) atoms. The summed E-state index contributed by atoms with van der Waals surface area (Å²) in [7, 11) is 2.62. The van der Waals surface area contributed by atoms with Crippen LogP contribution in [0.5, 0.6) is 0 Å². The first-order chi connectivity index (χ1) is 14.4. The number of rotatable bonds is 8. The Hall–Kier alpha value is -0.490. The molecule has 0 aromatic heterocycles. The van der Waals surface area contributed by atoms with Crippen molar-refractivity contribution in [2.75, 3.05) is 12.4 Å². The first kappa shape index (κ1) is 28.5. The number of halogens is 3. The highest BCUT2D eigenvalue weighted by Crippen LogP contribution is 2.55. The molecule has 4 nitrogen and oxygen atoms in total. The maximum Gasteiger partial charge on any atom is 0.416 e. The Balaban J connectivity index is 0.000000399. The summed E-state index contributed by atoms with van der Waals surface area (Å²) in [6.07, 6.45) is -3.62. The van der Waals surface area contributed by atoms with Gasteiger partial charge in [-0.05, 0) is 41.5 Å². The Morgan fingerprint density at radius 2 is 1.77 bits per heavy atom. The molecule has 1 aliphatic heterocycles. The average molecular weight is 497 g/mol. The van der Waals surface area contributed by atoms with E-state index in [4.69, 9.17) is 14.3 Å². The van der Waals surface area contributed by atoms with E-state index in [0.29, 0.717) is 25.1 Å². The van der Waals surface area contributed by atoms with Crippen LogP contribution in [0.3, 0.4) is 0 Å². The molecule has 0 aliphatic carbocycles. The van der Waals surface area contributed by atoms with Crippen molar-refractivity contribution in [2.24, 2.45) is 0 Å². The molecule has 1 saturated heterocycles. The number of nitriles is 1. The lowest BCUT2D eigenvalue weighted by atomic mass is 10.1. The summed E-state index contributed by atoms with van der Waals surface area (Å²) < 4.78 is 50.1.